The van der Waals surface area contributed by atoms with Crippen LogP contribution in [0.15, 0.2) is 42.5 Å². The summed E-state index contributed by atoms with van der Waals surface area (Å²) >= 11 is 5.96. The molecule has 0 saturated carbocycles. The Bertz CT molecular complexity index is 554. The van der Waals surface area contributed by atoms with Gasteiger partial charge in [0, 0.05) is 24.4 Å². The second kappa shape index (κ2) is 6.60. The van der Waals surface area contributed by atoms with Gasteiger partial charge in [0.25, 0.3) is 0 Å². The van der Waals surface area contributed by atoms with E-state index in [4.69, 9.17) is 16.3 Å². The first-order valence-corrected chi connectivity index (χ1v) is 6.64. The molecule has 2 nitrogen and oxygen atoms in total. The van der Waals surface area contributed by atoms with Crippen LogP contribution in [0.5, 0.6) is 0 Å². The topological polar surface area (TPSA) is 21.3 Å². The van der Waals surface area contributed by atoms with Gasteiger partial charge in [-0.2, -0.15) is 0 Å². The molecule has 19 heavy (non-hydrogen) atoms. The van der Waals surface area contributed by atoms with Gasteiger partial charge in [-0.25, -0.2) is 0 Å². The number of aryl methyl sites for hydroxylation is 1. The number of hydrogen-bond donors (Lipinski definition) is 1. The van der Waals surface area contributed by atoms with Gasteiger partial charge in [-0.05, 0) is 41.8 Å². The summed E-state index contributed by atoms with van der Waals surface area (Å²) in [4.78, 5) is 0. The number of anilines is 1. The van der Waals surface area contributed by atoms with Crippen LogP contribution < -0.4 is 5.32 Å². The summed E-state index contributed by atoms with van der Waals surface area (Å²) in [7, 11) is 1.72. The van der Waals surface area contributed by atoms with Crippen molar-refractivity contribution in [2.24, 2.45) is 0 Å². The zero-order valence-electron chi connectivity index (χ0n) is 11.2. The molecular formula is C16H18ClNO. The van der Waals surface area contributed by atoms with Crippen molar-refractivity contribution in [3.63, 3.8) is 0 Å². The average Bonchev–Trinajstić information content (AvgIpc) is 2.40. The molecule has 2 aromatic rings. The molecule has 0 bridgehead atoms. The van der Waals surface area contributed by atoms with Crippen LogP contribution in [0.3, 0.4) is 0 Å². The molecule has 0 aliphatic heterocycles. The molecule has 0 radical (unpaired) electrons. The number of hydrogen-bond acceptors (Lipinski definition) is 2. The third-order valence-electron chi connectivity index (χ3n) is 3.08. The lowest BCUT2D eigenvalue weighted by molar-refractivity contribution is 0.184. The molecule has 0 aliphatic carbocycles. The average molecular weight is 276 g/mol. The lowest BCUT2D eigenvalue weighted by Gasteiger charge is -2.13. The van der Waals surface area contributed by atoms with E-state index < -0.39 is 0 Å². The SMILES string of the molecule is COCc1ccccc1CNc1ccc(Cl)cc1C. The van der Waals surface area contributed by atoms with Gasteiger partial charge in [0.15, 0.2) is 0 Å². The van der Waals surface area contributed by atoms with Crippen molar-refractivity contribution in [3.8, 4) is 0 Å². The van der Waals surface area contributed by atoms with E-state index in [9.17, 15) is 0 Å². The van der Waals surface area contributed by atoms with Crippen molar-refractivity contribution in [1.82, 2.24) is 0 Å². The quantitative estimate of drug-likeness (QED) is 0.873. The summed E-state index contributed by atoms with van der Waals surface area (Å²) in [5.41, 5.74) is 4.72. The standard InChI is InChI=1S/C16H18ClNO/c1-12-9-15(17)7-8-16(12)18-10-13-5-3-4-6-14(13)11-19-2/h3-9,18H,10-11H2,1-2H3. The van der Waals surface area contributed by atoms with Gasteiger partial charge in [0.2, 0.25) is 0 Å². The third-order valence-corrected chi connectivity index (χ3v) is 3.31. The van der Waals surface area contributed by atoms with E-state index in [1.54, 1.807) is 7.11 Å². The van der Waals surface area contributed by atoms with E-state index in [2.05, 4.69) is 24.4 Å². The fraction of sp³-hybridized carbons (Fsp3) is 0.250. The Kier molecular flexibility index (Phi) is 4.83. The largest absolute Gasteiger partial charge is 0.381 e. The highest BCUT2D eigenvalue weighted by Crippen LogP contribution is 2.21. The predicted octanol–water partition coefficient (Wildman–Crippen LogP) is 4.41. The number of methoxy groups -OCH3 is 1. The Morgan fingerprint density at radius 1 is 1.11 bits per heavy atom. The summed E-state index contributed by atoms with van der Waals surface area (Å²) in [6.45, 7) is 3.47. The van der Waals surface area contributed by atoms with Gasteiger partial charge in [-0.1, -0.05) is 35.9 Å². The molecule has 3 heteroatoms. The first-order valence-electron chi connectivity index (χ1n) is 6.26. The minimum atomic E-state index is 0.636. The molecule has 100 valence electrons. The summed E-state index contributed by atoms with van der Waals surface area (Å²) in [6, 6.07) is 14.2. The molecule has 0 atom stereocenters. The van der Waals surface area contributed by atoms with Crippen LogP contribution >= 0.6 is 11.6 Å². The van der Waals surface area contributed by atoms with E-state index in [1.807, 2.05) is 30.3 Å². The minimum Gasteiger partial charge on any atom is -0.381 e. The van der Waals surface area contributed by atoms with Crippen LogP contribution in [0.4, 0.5) is 5.69 Å². The molecule has 0 saturated heterocycles. The highest BCUT2D eigenvalue weighted by atomic mass is 35.5. The molecule has 0 amide bonds. The van der Waals surface area contributed by atoms with E-state index in [-0.39, 0.29) is 0 Å². The number of nitrogens with one attached hydrogen (secondary N) is 1. The number of ether oxygens (including phenoxy) is 1. The molecule has 0 aromatic heterocycles. The van der Waals surface area contributed by atoms with Crippen molar-refractivity contribution >= 4 is 17.3 Å². The Morgan fingerprint density at radius 2 is 1.84 bits per heavy atom. The van der Waals surface area contributed by atoms with Gasteiger partial charge >= 0.3 is 0 Å². The van der Waals surface area contributed by atoms with Crippen LogP contribution in [0.1, 0.15) is 16.7 Å². The number of rotatable bonds is 5. The van der Waals surface area contributed by atoms with Crippen molar-refractivity contribution in [2.45, 2.75) is 20.1 Å². The first-order chi connectivity index (χ1) is 9.20. The maximum Gasteiger partial charge on any atom is 0.0716 e. The summed E-state index contributed by atoms with van der Waals surface area (Å²) in [5, 5.41) is 4.21. The highest BCUT2D eigenvalue weighted by Gasteiger charge is 2.03. The van der Waals surface area contributed by atoms with Crippen molar-refractivity contribution in [3.05, 3.63) is 64.2 Å². The summed E-state index contributed by atoms with van der Waals surface area (Å²) in [6.07, 6.45) is 0. The monoisotopic (exact) mass is 275 g/mol. The van der Waals surface area contributed by atoms with E-state index in [0.717, 1.165) is 22.8 Å². The number of halogens is 1. The Labute approximate surface area is 119 Å². The zero-order chi connectivity index (χ0) is 13.7. The minimum absolute atomic E-state index is 0.636. The van der Waals surface area contributed by atoms with Crippen LogP contribution in [0.25, 0.3) is 0 Å². The molecule has 2 rings (SSSR count). The smallest absolute Gasteiger partial charge is 0.0716 e. The zero-order valence-corrected chi connectivity index (χ0v) is 12.0. The van der Waals surface area contributed by atoms with Crippen LogP contribution in [-0.4, -0.2) is 7.11 Å². The van der Waals surface area contributed by atoms with Gasteiger partial charge in [-0.15, -0.1) is 0 Å². The van der Waals surface area contributed by atoms with E-state index >= 15 is 0 Å². The van der Waals surface area contributed by atoms with Gasteiger partial charge in [-0.3, -0.25) is 0 Å². The van der Waals surface area contributed by atoms with Crippen molar-refractivity contribution in [2.75, 3.05) is 12.4 Å². The molecular weight excluding hydrogens is 258 g/mol. The Balaban J connectivity index is 2.10. The second-order valence-corrected chi connectivity index (χ2v) is 4.95. The molecule has 2 aromatic carbocycles. The summed E-state index contributed by atoms with van der Waals surface area (Å²) in [5.74, 6) is 0. The molecule has 0 fully saturated rings. The second-order valence-electron chi connectivity index (χ2n) is 4.51. The Morgan fingerprint density at radius 3 is 2.53 bits per heavy atom. The van der Waals surface area contributed by atoms with Crippen LogP contribution in [0, 0.1) is 6.92 Å². The lowest BCUT2D eigenvalue weighted by atomic mass is 10.1. The highest BCUT2D eigenvalue weighted by molar-refractivity contribution is 6.30. The Hall–Kier alpha value is -1.51. The lowest BCUT2D eigenvalue weighted by Crippen LogP contribution is -2.04. The maximum absolute atomic E-state index is 5.96. The number of benzene rings is 2. The fourth-order valence-electron chi connectivity index (χ4n) is 2.04. The van der Waals surface area contributed by atoms with Gasteiger partial charge in [0.05, 0.1) is 6.61 Å². The van der Waals surface area contributed by atoms with E-state index in [1.165, 1.54) is 11.1 Å². The fourth-order valence-corrected chi connectivity index (χ4v) is 2.27. The van der Waals surface area contributed by atoms with Gasteiger partial charge in [0.1, 0.15) is 0 Å². The molecule has 0 unspecified atom stereocenters. The molecule has 0 spiro atoms. The summed E-state index contributed by atoms with van der Waals surface area (Å²) < 4.78 is 5.21. The van der Waals surface area contributed by atoms with Crippen LogP contribution in [0.2, 0.25) is 5.02 Å². The molecule has 0 heterocycles. The molecule has 1 N–H and O–H groups in total. The normalized spacial score (nSPS) is 10.5. The maximum atomic E-state index is 5.96. The van der Waals surface area contributed by atoms with Gasteiger partial charge < -0.3 is 10.1 Å². The first kappa shape index (κ1) is 13.9. The van der Waals surface area contributed by atoms with Crippen molar-refractivity contribution < 1.29 is 4.74 Å². The molecule has 0 aliphatic rings. The van der Waals surface area contributed by atoms with Crippen molar-refractivity contribution in [1.29, 1.82) is 0 Å². The predicted molar refractivity (Wildman–Crippen MR) is 80.7 cm³/mol. The third kappa shape index (κ3) is 3.72. The van der Waals surface area contributed by atoms with E-state index in [0.29, 0.717) is 6.61 Å². The van der Waals surface area contributed by atoms with Crippen LogP contribution in [-0.2, 0) is 17.9 Å².